The average Bonchev–Trinajstić information content (AvgIpc) is 2.80. The Morgan fingerprint density at radius 3 is 1.97 bits per heavy atom. The van der Waals surface area contributed by atoms with E-state index in [0.717, 1.165) is 22.3 Å². The lowest BCUT2D eigenvalue weighted by molar-refractivity contribution is 0.0398. The number of esters is 2. The molecule has 0 aliphatic rings. The van der Waals surface area contributed by atoms with Gasteiger partial charge >= 0.3 is 11.9 Å². The highest BCUT2D eigenvalue weighted by Gasteiger charge is 2.20. The summed E-state index contributed by atoms with van der Waals surface area (Å²) in [6, 6.07) is 22.6. The molecule has 0 amide bonds. The Hall–Kier alpha value is -3.44. The lowest BCUT2D eigenvalue weighted by Crippen LogP contribution is -2.43. The molecular formula is C28H31NO4. The molecule has 0 atom stereocenters. The minimum atomic E-state index is -0.384. The summed E-state index contributed by atoms with van der Waals surface area (Å²) in [5.41, 5.74) is 4.82. The normalized spacial score (nSPS) is 11.2. The zero-order valence-electron chi connectivity index (χ0n) is 19.7. The van der Waals surface area contributed by atoms with E-state index in [2.05, 4.69) is 5.32 Å². The highest BCUT2D eigenvalue weighted by atomic mass is 16.5. The molecule has 0 saturated heterocycles. The van der Waals surface area contributed by atoms with Crippen molar-refractivity contribution in [1.29, 1.82) is 0 Å². The van der Waals surface area contributed by atoms with Gasteiger partial charge in [-0.2, -0.15) is 0 Å². The molecule has 0 aliphatic heterocycles. The molecule has 1 N–H and O–H groups in total. The van der Waals surface area contributed by atoms with E-state index in [1.165, 1.54) is 0 Å². The van der Waals surface area contributed by atoms with Crippen LogP contribution in [0.1, 0.15) is 56.8 Å². The second-order valence-electron chi connectivity index (χ2n) is 8.95. The quantitative estimate of drug-likeness (QED) is 0.448. The first-order valence-electron chi connectivity index (χ1n) is 11.0. The fraction of sp³-hybridized carbons (Fsp3) is 0.286. The first-order valence-corrected chi connectivity index (χ1v) is 11.0. The Balaban J connectivity index is 1.45. The van der Waals surface area contributed by atoms with Gasteiger partial charge in [0.1, 0.15) is 13.2 Å². The molecular weight excluding hydrogens is 414 g/mol. The maximum Gasteiger partial charge on any atom is 0.338 e. The number of nitrogens with one attached hydrogen (secondary N) is 1. The van der Waals surface area contributed by atoms with Crippen molar-refractivity contribution in [3.05, 3.63) is 106 Å². The lowest BCUT2D eigenvalue weighted by Gasteiger charge is -2.26. The van der Waals surface area contributed by atoms with Crippen molar-refractivity contribution in [2.75, 3.05) is 6.61 Å². The van der Waals surface area contributed by atoms with E-state index >= 15 is 0 Å². The highest BCUT2D eigenvalue weighted by molar-refractivity contribution is 5.90. The van der Waals surface area contributed by atoms with Crippen LogP contribution in [0.15, 0.2) is 72.8 Å². The van der Waals surface area contributed by atoms with Crippen molar-refractivity contribution in [2.24, 2.45) is 0 Å². The third kappa shape index (κ3) is 7.58. The van der Waals surface area contributed by atoms with Gasteiger partial charge in [-0.15, -0.1) is 0 Å². The number of carbonyl (C=O) groups excluding carboxylic acids is 2. The van der Waals surface area contributed by atoms with Crippen molar-refractivity contribution in [3.63, 3.8) is 0 Å². The number of hydrogen-bond acceptors (Lipinski definition) is 5. The minimum Gasteiger partial charge on any atom is -0.460 e. The van der Waals surface area contributed by atoms with Gasteiger partial charge in [0.15, 0.2) is 0 Å². The van der Waals surface area contributed by atoms with Crippen LogP contribution in [0.4, 0.5) is 0 Å². The maximum atomic E-state index is 12.3. The second-order valence-corrected chi connectivity index (χ2v) is 8.95. The monoisotopic (exact) mass is 445 g/mol. The molecule has 33 heavy (non-hydrogen) atoms. The van der Waals surface area contributed by atoms with Crippen LogP contribution in [0.5, 0.6) is 0 Å². The molecule has 3 rings (SSSR count). The van der Waals surface area contributed by atoms with E-state index in [0.29, 0.717) is 17.7 Å². The third-order valence-electron chi connectivity index (χ3n) is 5.19. The smallest absolute Gasteiger partial charge is 0.338 e. The molecule has 3 aromatic carbocycles. The van der Waals surface area contributed by atoms with Crippen molar-refractivity contribution >= 4 is 11.9 Å². The van der Waals surface area contributed by atoms with E-state index in [4.69, 9.17) is 9.47 Å². The van der Waals surface area contributed by atoms with Crippen LogP contribution in [0.25, 0.3) is 0 Å². The zero-order chi connectivity index (χ0) is 23.8. The Morgan fingerprint density at radius 1 is 0.758 bits per heavy atom. The van der Waals surface area contributed by atoms with Gasteiger partial charge in [0.2, 0.25) is 0 Å². The van der Waals surface area contributed by atoms with Gasteiger partial charge in [-0.25, -0.2) is 9.59 Å². The molecule has 0 heterocycles. The molecule has 0 bridgehead atoms. The summed E-state index contributed by atoms with van der Waals surface area (Å²) < 4.78 is 10.9. The van der Waals surface area contributed by atoms with Gasteiger partial charge in [-0.3, -0.25) is 0 Å². The summed E-state index contributed by atoms with van der Waals surface area (Å²) in [4.78, 5) is 24.5. The first kappa shape index (κ1) is 24.2. The number of aryl methyl sites for hydroxylation is 2. The maximum absolute atomic E-state index is 12.3. The van der Waals surface area contributed by atoms with E-state index < -0.39 is 0 Å². The van der Waals surface area contributed by atoms with E-state index in [1.807, 2.05) is 88.4 Å². The van der Waals surface area contributed by atoms with Gasteiger partial charge < -0.3 is 14.8 Å². The van der Waals surface area contributed by atoms with Gasteiger partial charge in [0.05, 0.1) is 11.1 Å². The van der Waals surface area contributed by atoms with Crippen LogP contribution in [0.2, 0.25) is 0 Å². The molecule has 0 unspecified atom stereocenters. The molecule has 0 saturated carbocycles. The average molecular weight is 446 g/mol. The minimum absolute atomic E-state index is 0.223. The van der Waals surface area contributed by atoms with E-state index in [1.54, 1.807) is 12.1 Å². The number of hydrogen-bond donors (Lipinski definition) is 1. The molecule has 5 nitrogen and oxygen atoms in total. The summed E-state index contributed by atoms with van der Waals surface area (Å²) in [7, 11) is 0. The molecule has 5 heteroatoms. The molecule has 172 valence electrons. The predicted octanol–water partition coefficient (Wildman–Crippen LogP) is 5.39. The largest absolute Gasteiger partial charge is 0.460 e. The molecule has 0 aromatic heterocycles. The van der Waals surface area contributed by atoms with Crippen molar-refractivity contribution in [1.82, 2.24) is 5.32 Å². The Bertz CT molecular complexity index is 1070. The standard InChI is InChI=1S/C28H31NO4/c1-20-14-21(2)16-25(15-20)27(31)32-18-23-12-10-22(11-13-23)17-29-28(3,4)19-33-26(30)24-8-6-5-7-9-24/h5-16,29H,17-19H2,1-4H3. The Morgan fingerprint density at radius 2 is 1.33 bits per heavy atom. The SMILES string of the molecule is Cc1cc(C)cc(C(=O)OCc2ccc(CNC(C)(C)COC(=O)c3ccccc3)cc2)c1. The zero-order valence-corrected chi connectivity index (χ0v) is 19.7. The van der Waals surface area contributed by atoms with Crippen molar-refractivity contribution in [2.45, 2.75) is 46.4 Å². The summed E-state index contributed by atoms with van der Waals surface area (Å²) in [6.45, 7) is 9.01. The van der Waals surface area contributed by atoms with E-state index in [-0.39, 0.29) is 30.7 Å². The number of carbonyl (C=O) groups is 2. The van der Waals surface area contributed by atoms with Gasteiger partial charge in [-0.05, 0) is 63.1 Å². The second kappa shape index (κ2) is 10.9. The van der Waals surface area contributed by atoms with Gasteiger partial charge in [0.25, 0.3) is 0 Å². The van der Waals surface area contributed by atoms with Crippen LogP contribution >= 0.6 is 0 Å². The topological polar surface area (TPSA) is 64.6 Å². The Labute approximate surface area is 195 Å². The van der Waals surface area contributed by atoms with Crippen molar-refractivity contribution < 1.29 is 19.1 Å². The lowest BCUT2D eigenvalue weighted by atomic mass is 10.1. The van der Waals surface area contributed by atoms with Gasteiger partial charge in [-0.1, -0.05) is 59.7 Å². The number of rotatable bonds is 9. The molecule has 3 aromatic rings. The predicted molar refractivity (Wildman–Crippen MR) is 129 cm³/mol. The van der Waals surface area contributed by atoms with E-state index in [9.17, 15) is 9.59 Å². The van der Waals surface area contributed by atoms with Crippen LogP contribution in [0, 0.1) is 13.8 Å². The summed E-state index contributed by atoms with van der Waals surface area (Å²) in [5, 5.41) is 3.42. The van der Waals surface area contributed by atoms with Crippen LogP contribution < -0.4 is 5.32 Å². The van der Waals surface area contributed by atoms with Crippen LogP contribution in [-0.2, 0) is 22.6 Å². The summed E-state index contributed by atoms with van der Waals surface area (Å²) in [6.07, 6.45) is 0. The summed E-state index contributed by atoms with van der Waals surface area (Å²) >= 11 is 0. The fourth-order valence-electron chi connectivity index (χ4n) is 3.37. The molecule has 0 aliphatic carbocycles. The third-order valence-corrected chi connectivity index (χ3v) is 5.19. The highest BCUT2D eigenvalue weighted by Crippen LogP contribution is 2.13. The summed E-state index contributed by atoms with van der Waals surface area (Å²) in [5.74, 6) is -0.649. The molecule has 0 fully saturated rings. The van der Waals surface area contributed by atoms with Crippen molar-refractivity contribution in [3.8, 4) is 0 Å². The first-order chi connectivity index (χ1) is 15.7. The number of ether oxygens (including phenoxy) is 2. The molecule has 0 spiro atoms. The van der Waals surface area contributed by atoms with Gasteiger partial charge in [0, 0.05) is 12.1 Å². The Kier molecular flexibility index (Phi) is 8.01. The van der Waals surface area contributed by atoms with Crippen LogP contribution in [-0.4, -0.2) is 24.1 Å². The fourth-order valence-corrected chi connectivity index (χ4v) is 3.37. The van der Waals surface area contributed by atoms with Crippen LogP contribution in [0.3, 0.4) is 0 Å². The number of benzene rings is 3. The molecule has 0 radical (unpaired) electrons.